The van der Waals surface area contributed by atoms with Crippen LogP contribution in [0.3, 0.4) is 0 Å². The highest BCUT2D eigenvalue weighted by molar-refractivity contribution is 4.73. The van der Waals surface area contributed by atoms with Gasteiger partial charge in [-0.3, -0.25) is 0 Å². The summed E-state index contributed by atoms with van der Waals surface area (Å²) >= 11 is 0. The lowest BCUT2D eigenvalue weighted by molar-refractivity contribution is 0.118. The van der Waals surface area contributed by atoms with E-state index in [1.165, 1.54) is 26.1 Å². The van der Waals surface area contributed by atoms with E-state index in [4.69, 9.17) is 4.74 Å². The third-order valence-electron chi connectivity index (χ3n) is 2.55. The maximum atomic E-state index is 5.31. The quantitative estimate of drug-likeness (QED) is 0.614. The van der Waals surface area contributed by atoms with E-state index in [1.54, 1.807) is 0 Å². The fraction of sp³-hybridized carbons (Fsp3) is 1.00. The van der Waals surface area contributed by atoms with Gasteiger partial charge < -0.3 is 15.0 Å². The van der Waals surface area contributed by atoms with Crippen molar-refractivity contribution in [1.29, 1.82) is 0 Å². The SMILES string of the molecule is CCOCCN(C)CC1CCNC1. The highest BCUT2D eigenvalue weighted by atomic mass is 16.5. The molecule has 1 N–H and O–H groups in total. The van der Waals surface area contributed by atoms with E-state index in [2.05, 4.69) is 17.3 Å². The molecule has 0 aromatic heterocycles. The van der Waals surface area contributed by atoms with Crippen molar-refractivity contribution in [3.05, 3.63) is 0 Å². The summed E-state index contributed by atoms with van der Waals surface area (Å²) in [6, 6.07) is 0. The summed E-state index contributed by atoms with van der Waals surface area (Å²) in [5, 5.41) is 3.39. The molecule has 0 aromatic rings. The van der Waals surface area contributed by atoms with Crippen molar-refractivity contribution in [2.45, 2.75) is 13.3 Å². The number of rotatable bonds is 6. The van der Waals surface area contributed by atoms with Crippen LogP contribution in [0, 0.1) is 5.92 Å². The molecule has 1 fully saturated rings. The second-order valence-electron chi connectivity index (χ2n) is 3.82. The molecule has 1 aliphatic heterocycles. The number of nitrogens with one attached hydrogen (secondary N) is 1. The second-order valence-corrected chi connectivity index (χ2v) is 3.82. The van der Waals surface area contributed by atoms with E-state index in [1.807, 2.05) is 6.92 Å². The molecule has 1 heterocycles. The van der Waals surface area contributed by atoms with Gasteiger partial charge >= 0.3 is 0 Å². The Balaban J connectivity index is 1.99. The highest BCUT2D eigenvalue weighted by Crippen LogP contribution is 2.08. The van der Waals surface area contributed by atoms with Gasteiger partial charge in [-0.15, -0.1) is 0 Å². The summed E-state index contributed by atoms with van der Waals surface area (Å²) in [7, 11) is 2.18. The molecule has 3 heteroatoms. The minimum atomic E-state index is 0.832. The molecule has 1 unspecified atom stereocenters. The van der Waals surface area contributed by atoms with Gasteiger partial charge in [0.2, 0.25) is 0 Å². The lowest BCUT2D eigenvalue weighted by Gasteiger charge is -2.19. The molecule has 1 atom stereocenters. The molecule has 0 saturated carbocycles. The van der Waals surface area contributed by atoms with Gasteiger partial charge in [-0.1, -0.05) is 0 Å². The Morgan fingerprint density at radius 3 is 3.00 bits per heavy atom. The first-order valence-corrected chi connectivity index (χ1v) is 5.30. The van der Waals surface area contributed by atoms with Crippen LogP contribution < -0.4 is 5.32 Å². The summed E-state index contributed by atoms with van der Waals surface area (Å²) in [6.07, 6.45) is 1.33. The molecule has 13 heavy (non-hydrogen) atoms. The fourth-order valence-corrected chi connectivity index (χ4v) is 1.77. The molecular formula is C10H22N2O. The van der Waals surface area contributed by atoms with Crippen LogP contribution in [0.15, 0.2) is 0 Å². The van der Waals surface area contributed by atoms with E-state index in [-0.39, 0.29) is 0 Å². The summed E-state index contributed by atoms with van der Waals surface area (Å²) in [4.78, 5) is 2.37. The van der Waals surface area contributed by atoms with Crippen LogP contribution >= 0.6 is 0 Å². The Hall–Kier alpha value is -0.120. The third-order valence-corrected chi connectivity index (χ3v) is 2.55. The monoisotopic (exact) mass is 186 g/mol. The topological polar surface area (TPSA) is 24.5 Å². The average Bonchev–Trinajstić information content (AvgIpc) is 2.57. The number of hydrogen-bond donors (Lipinski definition) is 1. The van der Waals surface area contributed by atoms with Crippen molar-refractivity contribution in [2.24, 2.45) is 5.92 Å². The van der Waals surface area contributed by atoms with E-state index >= 15 is 0 Å². The molecule has 0 amide bonds. The van der Waals surface area contributed by atoms with Gasteiger partial charge in [-0.05, 0) is 39.4 Å². The number of ether oxygens (including phenoxy) is 1. The van der Waals surface area contributed by atoms with Crippen LogP contribution in [-0.4, -0.2) is 51.3 Å². The van der Waals surface area contributed by atoms with Crippen LogP contribution in [0.4, 0.5) is 0 Å². The van der Waals surface area contributed by atoms with Crippen LogP contribution in [0.2, 0.25) is 0 Å². The second kappa shape index (κ2) is 6.35. The van der Waals surface area contributed by atoms with Crippen molar-refractivity contribution in [3.8, 4) is 0 Å². The maximum absolute atomic E-state index is 5.31. The first-order valence-electron chi connectivity index (χ1n) is 5.30. The van der Waals surface area contributed by atoms with Gasteiger partial charge in [0.15, 0.2) is 0 Å². The fourth-order valence-electron chi connectivity index (χ4n) is 1.77. The number of hydrogen-bond acceptors (Lipinski definition) is 3. The third kappa shape index (κ3) is 4.60. The van der Waals surface area contributed by atoms with E-state index in [9.17, 15) is 0 Å². The number of likely N-dealkylation sites (N-methyl/N-ethyl adjacent to an activating group) is 1. The molecular weight excluding hydrogens is 164 g/mol. The Labute approximate surface area is 81.4 Å². The molecule has 1 saturated heterocycles. The minimum Gasteiger partial charge on any atom is -0.380 e. The van der Waals surface area contributed by atoms with Crippen LogP contribution in [0.5, 0.6) is 0 Å². The van der Waals surface area contributed by atoms with Crippen LogP contribution in [0.25, 0.3) is 0 Å². The summed E-state index contributed by atoms with van der Waals surface area (Å²) in [5.74, 6) is 0.853. The molecule has 0 aromatic carbocycles. The standard InChI is InChI=1S/C10H22N2O/c1-3-13-7-6-12(2)9-10-4-5-11-8-10/h10-11H,3-9H2,1-2H3. The molecule has 0 spiro atoms. The lowest BCUT2D eigenvalue weighted by atomic mass is 10.1. The molecule has 0 bridgehead atoms. The molecule has 1 rings (SSSR count). The van der Waals surface area contributed by atoms with Crippen LogP contribution in [0.1, 0.15) is 13.3 Å². The number of nitrogens with zero attached hydrogens (tertiary/aromatic N) is 1. The van der Waals surface area contributed by atoms with Gasteiger partial charge in [0.1, 0.15) is 0 Å². The highest BCUT2D eigenvalue weighted by Gasteiger charge is 2.15. The zero-order valence-electron chi connectivity index (χ0n) is 8.88. The largest absolute Gasteiger partial charge is 0.380 e. The van der Waals surface area contributed by atoms with Crippen LogP contribution in [-0.2, 0) is 4.74 Å². The van der Waals surface area contributed by atoms with Crippen molar-refractivity contribution in [1.82, 2.24) is 10.2 Å². The van der Waals surface area contributed by atoms with Crippen molar-refractivity contribution in [3.63, 3.8) is 0 Å². The molecule has 3 nitrogen and oxygen atoms in total. The Kier molecular flexibility index (Phi) is 5.35. The van der Waals surface area contributed by atoms with E-state index in [0.717, 1.165) is 25.7 Å². The zero-order chi connectivity index (χ0) is 9.52. The Morgan fingerprint density at radius 2 is 2.38 bits per heavy atom. The minimum absolute atomic E-state index is 0.832. The van der Waals surface area contributed by atoms with Gasteiger partial charge in [0.25, 0.3) is 0 Å². The first-order chi connectivity index (χ1) is 6.33. The lowest BCUT2D eigenvalue weighted by Crippen LogP contribution is -2.29. The van der Waals surface area contributed by atoms with E-state index in [0.29, 0.717) is 0 Å². The predicted octanol–water partition coefficient (Wildman–Crippen LogP) is 0.564. The summed E-state index contributed by atoms with van der Waals surface area (Å²) in [5.41, 5.74) is 0. The van der Waals surface area contributed by atoms with E-state index < -0.39 is 0 Å². The normalized spacial score (nSPS) is 22.8. The average molecular weight is 186 g/mol. The molecule has 0 radical (unpaired) electrons. The van der Waals surface area contributed by atoms with Gasteiger partial charge in [-0.2, -0.15) is 0 Å². The molecule has 78 valence electrons. The molecule has 0 aliphatic carbocycles. The van der Waals surface area contributed by atoms with Crippen molar-refractivity contribution < 1.29 is 4.74 Å². The first kappa shape index (κ1) is 11.0. The van der Waals surface area contributed by atoms with Gasteiger partial charge in [0.05, 0.1) is 6.61 Å². The Bertz CT molecular complexity index is 124. The molecule has 1 aliphatic rings. The van der Waals surface area contributed by atoms with Gasteiger partial charge in [0, 0.05) is 19.7 Å². The smallest absolute Gasteiger partial charge is 0.0593 e. The Morgan fingerprint density at radius 1 is 1.54 bits per heavy atom. The maximum Gasteiger partial charge on any atom is 0.0593 e. The zero-order valence-corrected chi connectivity index (χ0v) is 8.88. The van der Waals surface area contributed by atoms with Crippen molar-refractivity contribution in [2.75, 3.05) is 46.4 Å². The van der Waals surface area contributed by atoms with Gasteiger partial charge in [-0.25, -0.2) is 0 Å². The predicted molar refractivity (Wildman–Crippen MR) is 55.0 cm³/mol. The summed E-state index contributed by atoms with van der Waals surface area (Å²) < 4.78 is 5.31. The summed E-state index contributed by atoms with van der Waals surface area (Å²) in [6.45, 7) is 8.40. The van der Waals surface area contributed by atoms with Crippen molar-refractivity contribution >= 4 is 0 Å².